The van der Waals surface area contributed by atoms with Crippen molar-refractivity contribution in [3.8, 4) is 5.75 Å². The molecule has 0 bridgehead atoms. The second kappa shape index (κ2) is 4.62. The molecule has 2 fully saturated rings. The van der Waals surface area contributed by atoms with E-state index in [1.54, 1.807) is 19.1 Å². The first-order valence-electron chi connectivity index (χ1n) is 7.20. The van der Waals surface area contributed by atoms with E-state index in [0.29, 0.717) is 11.6 Å². The summed E-state index contributed by atoms with van der Waals surface area (Å²) in [6.07, 6.45) is 2.70. The van der Waals surface area contributed by atoms with E-state index in [0.717, 1.165) is 24.8 Å². The Balaban J connectivity index is 1.94. The highest BCUT2D eigenvalue weighted by Gasteiger charge is 2.52. The number of benzene rings is 1. The van der Waals surface area contributed by atoms with Crippen LogP contribution in [0.25, 0.3) is 0 Å². The summed E-state index contributed by atoms with van der Waals surface area (Å²) in [5.41, 5.74) is 1.36. The Morgan fingerprint density at radius 3 is 2.30 bits per heavy atom. The molecule has 1 saturated carbocycles. The number of carbonyl (C=O) groups is 2. The Morgan fingerprint density at radius 2 is 1.80 bits per heavy atom. The van der Waals surface area contributed by atoms with E-state index in [4.69, 9.17) is 0 Å². The molecule has 1 aliphatic carbocycles. The minimum Gasteiger partial charge on any atom is -0.508 e. The van der Waals surface area contributed by atoms with Gasteiger partial charge in [-0.2, -0.15) is 0 Å². The van der Waals surface area contributed by atoms with Crippen LogP contribution in [0.1, 0.15) is 31.7 Å². The maximum Gasteiger partial charge on any atom is 0.237 e. The van der Waals surface area contributed by atoms with E-state index in [1.165, 1.54) is 11.0 Å². The Bertz CT molecular complexity index is 557. The number of anilines is 1. The van der Waals surface area contributed by atoms with Crippen LogP contribution in [-0.4, -0.2) is 16.9 Å². The third-order valence-corrected chi connectivity index (χ3v) is 4.73. The lowest BCUT2D eigenvalue weighted by Gasteiger charge is -2.19. The molecule has 1 heterocycles. The molecule has 0 radical (unpaired) electrons. The van der Waals surface area contributed by atoms with Crippen LogP contribution in [0, 0.1) is 24.7 Å². The second-order valence-electron chi connectivity index (χ2n) is 5.94. The molecule has 0 spiro atoms. The molecule has 1 saturated heterocycles. The second-order valence-corrected chi connectivity index (χ2v) is 5.94. The first kappa shape index (κ1) is 13.2. The molecule has 2 unspecified atom stereocenters. The summed E-state index contributed by atoms with van der Waals surface area (Å²) in [6, 6.07) is 4.75. The number of phenols is 1. The molecule has 1 N–H and O–H groups in total. The molecule has 20 heavy (non-hydrogen) atoms. The molecule has 2 aliphatic rings. The van der Waals surface area contributed by atoms with Gasteiger partial charge in [0.15, 0.2) is 0 Å². The molecule has 3 rings (SSSR count). The molecule has 4 heteroatoms. The average Bonchev–Trinajstić information content (AvgIpc) is 2.93. The van der Waals surface area contributed by atoms with E-state index >= 15 is 0 Å². The van der Waals surface area contributed by atoms with Gasteiger partial charge in [0.2, 0.25) is 11.8 Å². The SMILES string of the molecule is CCC1CC2C(=O)N(c3ccc(O)cc3C)C(=O)C2C1. The van der Waals surface area contributed by atoms with Crippen molar-refractivity contribution in [1.82, 2.24) is 0 Å². The van der Waals surface area contributed by atoms with Crippen LogP contribution >= 0.6 is 0 Å². The maximum absolute atomic E-state index is 12.5. The number of carbonyl (C=O) groups excluding carboxylic acids is 2. The number of fused-ring (bicyclic) bond motifs is 1. The van der Waals surface area contributed by atoms with Gasteiger partial charge in [-0.05, 0) is 49.4 Å². The van der Waals surface area contributed by atoms with E-state index in [9.17, 15) is 14.7 Å². The number of aryl methyl sites for hydroxylation is 1. The number of amides is 2. The van der Waals surface area contributed by atoms with Crippen LogP contribution in [-0.2, 0) is 9.59 Å². The number of phenolic OH excluding ortho intramolecular Hbond substituents is 1. The van der Waals surface area contributed by atoms with Crippen molar-refractivity contribution in [1.29, 1.82) is 0 Å². The molecular formula is C16H19NO3. The third kappa shape index (κ3) is 1.82. The van der Waals surface area contributed by atoms with Gasteiger partial charge in [-0.25, -0.2) is 4.90 Å². The molecule has 2 amide bonds. The summed E-state index contributed by atoms with van der Waals surface area (Å²) < 4.78 is 0. The smallest absolute Gasteiger partial charge is 0.237 e. The van der Waals surface area contributed by atoms with E-state index in [-0.39, 0.29) is 29.4 Å². The molecule has 106 valence electrons. The quantitative estimate of drug-likeness (QED) is 0.843. The minimum atomic E-state index is -0.138. The third-order valence-electron chi connectivity index (χ3n) is 4.73. The summed E-state index contributed by atoms with van der Waals surface area (Å²) in [5.74, 6) is 0.244. The zero-order valence-electron chi connectivity index (χ0n) is 11.8. The highest BCUT2D eigenvalue weighted by atomic mass is 16.3. The van der Waals surface area contributed by atoms with E-state index in [1.807, 2.05) is 0 Å². The number of rotatable bonds is 2. The number of hydrogen-bond acceptors (Lipinski definition) is 3. The molecule has 2 atom stereocenters. The number of nitrogens with zero attached hydrogens (tertiary/aromatic N) is 1. The lowest BCUT2D eigenvalue weighted by atomic mass is 10.00. The van der Waals surface area contributed by atoms with Gasteiger partial charge < -0.3 is 5.11 Å². The monoisotopic (exact) mass is 273 g/mol. The van der Waals surface area contributed by atoms with Gasteiger partial charge in [-0.3, -0.25) is 9.59 Å². The molecule has 4 nitrogen and oxygen atoms in total. The van der Waals surface area contributed by atoms with Gasteiger partial charge in [-0.15, -0.1) is 0 Å². The Hall–Kier alpha value is -1.84. The van der Waals surface area contributed by atoms with Crippen LogP contribution in [0.5, 0.6) is 5.75 Å². The van der Waals surface area contributed by atoms with Crippen LogP contribution < -0.4 is 4.90 Å². The van der Waals surface area contributed by atoms with Crippen molar-refractivity contribution < 1.29 is 14.7 Å². The van der Waals surface area contributed by atoms with E-state index < -0.39 is 0 Å². The van der Waals surface area contributed by atoms with Crippen LogP contribution in [0.2, 0.25) is 0 Å². The molecule has 1 aliphatic heterocycles. The summed E-state index contributed by atoms with van der Waals surface area (Å²) in [6.45, 7) is 3.92. The predicted octanol–water partition coefficient (Wildman–Crippen LogP) is 2.63. The van der Waals surface area contributed by atoms with Crippen LogP contribution in [0.15, 0.2) is 18.2 Å². The lowest BCUT2D eigenvalue weighted by Crippen LogP contribution is -2.32. The highest BCUT2D eigenvalue weighted by molar-refractivity contribution is 6.22. The topological polar surface area (TPSA) is 57.6 Å². The summed E-state index contributed by atoms with van der Waals surface area (Å²) in [5, 5.41) is 9.45. The summed E-state index contributed by atoms with van der Waals surface area (Å²) in [4.78, 5) is 26.4. The molecular weight excluding hydrogens is 254 g/mol. The fourth-order valence-corrected chi connectivity index (χ4v) is 3.59. The van der Waals surface area contributed by atoms with E-state index in [2.05, 4.69) is 6.92 Å². The Morgan fingerprint density at radius 1 is 1.20 bits per heavy atom. The van der Waals surface area contributed by atoms with Crippen LogP contribution in [0.3, 0.4) is 0 Å². The summed E-state index contributed by atoms with van der Waals surface area (Å²) in [7, 11) is 0. The standard InChI is InChI=1S/C16H19NO3/c1-3-10-7-12-13(8-10)16(20)17(15(12)19)14-5-4-11(18)6-9(14)2/h4-6,10,12-13,18H,3,7-8H2,1-2H3. The van der Waals surface area contributed by atoms with Gasteiger partial charge in [-0.1, -0.05) is 13.3 Å². The van der Waals surface area contributed by atoms with Gasteiger partial charge in [0.25, 0.3) is 0 Å². The van der Waals surface area contributed by atoms with Gasteiger partial charge >= 0.3 is 0 Å². The normalized spacial score (nSPS) is 29.1. The van der Waals surface area contributed by atoms with Crippen molar-refractivity contribution in [2.75, 3.05) is 4.90 Å². The number of hydrogen-bond donors (Lipinski definition) is 1. The number of imide groups is 1. The zero-order chi connectivity index (χ0) is 14.4. The zero-order valence-corrected chi connectivity index (χ0v) is 11.8. The first-order chi connectivity index (χ1) is 9.52. The number of aromatic hydroxyl groups is 1. The first-order valence-corrected chi connectivity index (χ1v) is 7.20. The van der Waals surface area contributed by atoms with Crippen molar-refractivity contribution >= 4 is 17.5 Å². The average molecular weight is 273 g/mol. The van der Waals surface area contributed by atoms with Crippen molar-refractivity contribution in [2.24, 2.45) is 17.8 Å². The maximum atomic E-state index is 12.5. The van der Waals surface area contributed by atoms with Gasteiger partial charge in [0, 0.05) is 0 Å². The fraction of sp³-hybridized carbons (Fsp3) is 0.500. The minimum absolute atomic E-state index is 0.0651. The summed E-state index contributed by atoms with van der Waals surface area (Å²) >= 11 is 0. The molecule has 0 aromatic heterocycles. The predicted molar refractivity (Wildman–Crippen MR) is 75.3 cm³/mol. The van der Waals surface area contributed by atoms with Crippen molar-refractivity contribution in [2.45, 2.75) is 33.1 Å². The van der Waals surface area contributed by atoms with Crippen molar-refractivity contribution in [3.63, 3.8) is 0 Å². The highest BCUT2D eigenvalue weighted by Crippen LogP contribution is 2.46. The van der Waals surface area contributed by atoms with Gasteiger partial charge in [0.1, 0.15) is 5.75 Å². The Kier molecular flexibility index (Phi) is 3.04. The molecule has 1 aromatic rings. The largest absolute Gasteiger partial charge is 0.508 e. The Labute approximate surface area is 118 Å². The van der Waals surface area contributed by atoms with Gasteiger partial charge in [0.05, 0.1) is 17.5 Å². The van der Waals surface area contributed by atoms with Crippen LogP contribution in [0.4, 0.5) is 5.69 Å². The fourth-order valence-electron chi connectivity index (χ4n) is 3.59. The molecule has 1 aromatic carbocycles. The van der Waals surface area contributed by atoms with Crippen molar-refractivity contribution in [3.05, 3.63) is 23.8 Å². The lowest BCUT2D eigenvalue weighted by molar-refractivity contribution is -0.123.